The van der Waals surface area contributed by atoms with Crippen molar-refractivity contribution >= 4 is 21.6 Å². The Kier molecular flexibility index (Phi) is 6.46. The van der Waals surface area contributed by atoms with Crippen LogP contribution >= 0.6 is 0 Å². The molecule has 0 aliphatic carbocycles. The summed E-state index contributed by atoms with van der Waals surface area (Å²) < 4.78 is 36.9. The van der Waals surface area contributed by atoms with Gasteiger partial charge in [-0.3, -0.25) is 9.10 Å². The van der Waals surface area contributed by atoms with Gasteiger partial charge in [-0.2, -0.15) is 0 Å². The van der Waals surface area contributed by atoms with Gasteiger partial charge in [-0.15, -0.1) is 0 Å². The van der Waals surface area contributed by atoms with E-state index in [-0.39, 0.29) is 12.5 Å². The highest BCUT2D eigenvalue weighted by Crippen LogP contribution is 2.34. The number of benzene rings is 1. The summed E-state index contributed by atoms with van der Waals surface area (Å²) in [5.41, 5.74) is 0.531. The van der Waals surface area contributed by atoms with E-state index in [0.29, 0.717) is 43.2 Å². The van der Waals surface area contributed by atoms with Crippen LogP contribution in [0.5, 0.6) is 11.5 Å². The van der Waals surface area contributed by atoms with Gasteiger partial charge in [0.1, 0.15) is 13.2 Å². The second-order valence-electron chi connectivity index (χ2n) is 7.06. The smallest absolute Gasteiger partial charge is 0.232 e. The minimum absolute atomic E-state index is 0.118. The number of carbonyl (C=O) groups is 1. The molecule has 0 aromatic heterocycles. The number of likely N-dealkylation sites (tertiary alicyclic amines) is 1. The summed E-state index contributed by atoms with van der Waals surface area (Å²) in [6.45, 7) is 2.83. The average molecular weight is 397 g/mol. The first-order chi connectivity index (χ1) is 12.9. The van der Waals surface area contributed by atoms with Gasteiger partial charge in [0.2, 0.25) is 15.9 Å². The first kappa shape index (κ1) is 19.8. The zero-order chi connectivity index (χ0) is 19.3. The van der Waals surface area contributed by atoms with E-state index in [1.807, 2.05) is 4.90 Å². The normalized spacial score (nSPS) is 17.3. The number of amides is 1. The van der Waals surface area contributed by atoms with Gasteiger partial charge in [0.25, 0.3) is 0 Å². The van der Waals surface area contributed by atoms with Gasteiger partial charge < -0.3 is 14.4 Å². The fourth-order valence-corrected chi connectivity index (χ4v) is 4.48. The molecule has 0 atom stereocenters. The highest BCUT2D eigenvalue weighted by molar-refractivity contribution is 7.92. The number of sulfonamides is 1. The standard InChI is InChI=1S/C19H28N2O5S/c1-27(23,24)21(16-8-9-17-18(15-16)26-14-13-25-17)12-6-7-19(22)20-10-4-2-3-5-11-20/h8-9,15H,2-7,10-14H2,1H3. The van der Waals surface area contributed by atoms with Crippen molar-refractivity contribution in [1.29, 1.82) is 0 Å². The first-order valence-corrected chi connectivity index (χ1v) is 11.4. The van der Waals surface area contributed by atoms with Crippen LogP contribution in [-0.4, -0.2) is 58.3 Å². The molecule has 1 aromatic rings. The lowest BCUT2D eigenvalue weighted by Crippen LogP contribution is -2.34. The Morgan fingerprint density at radius 2 is 1.74 bits per heavy atom. The maximum atomic E-state index is 12.4. The molecule has 0 bridgehead atoms. The quantitative estimate of drug-likeness (QED) is 0.738. The van der Waals surface area contributed by atoms with Crippen LogP contribution in [0.1, 0.15) is 38.5 Å². The molecule has 150 valence electrons. The minimum Gasteiger partial charge on any atom is -0.486 e. The van der Waals surface area contributed by atoms with Crippen LogP contribution in [0.2, 0.25) is 0 Å². The van der Waals surface area contributed by atoms with Crippen molar-refractivity contribution in [1.82, 2.24) is 4.90 Å². The fourth-order valence-electron chi connectivity index (χ4n) is 3.53. The molecule has 0 radical (unpaired) electrons. The minimum atomic E-state index is -3.46. The van der Waals surface area contributed by atoms with Crippen molar-refractivity contribution in [2.75, 3.05) is 43.4 Å². The highest BCUT2D eigenvalue weighted by Gasteiger charge is 2.22. The van der Waals surface area contributed by atoms with Crippen LogP contribution in [0.4, 0.5) is 5.69 Å². The Morgan fingerprint density at radius 3 is 2.41 bits per heavy atom. The Morgan fingerprint density at radius 1 is 1.07 bits per heavy atom. The van der Waals surface area contributed by atoms with E-state index in [1.54, 1.807) is 18.2 Å². The molecule has 2 aliphatic heterocycles. The number of nitrogens with zero attached hydrogens (tertiary/aromatic N) is 2. The monoisotopic (exact) mass is 396 g/mol. The molecule has 2 aliphatic rings. The van der Waals surface area contributed by atoms with Gasteiger partial charge in [-0.05, 0) is 31.4 Å². The zero-order valence-corrected chi connectivity index (χ0v) is 16.7. The summed E-state index contributed by atoms with van der Waals surface area (Å²) >= 11 is 0. The molecule has 27 heavy (non-hydrogen) atoms. The number of hydrogen-bond donors (Lipinski definition) is 0. The summed E-state index contributed by atoms with van der Waals surface area (Å²) in [6.07, 6.45) is 6.48. The van der Waals surface area contributed by atoms with Crippen molar-refractivity contribution in [2.45, 2.75) is 38.5 Å². The number of carbonyl (C=O) groups excluding carboxylic acids is 1. The van der Waals surface area contributed by atoms with Crippen LogP contribution in [0.3, 0.4) is 0 Å². The molecule has 0 N–H and O–H groups in total. The SMILES string of the molecule is CS(=O)(=O)N(CCCC(=O)N1CCCCCC1)c1ccc2c(c1)OCCO2. The summed E-state index contributed by atoms with van der Waals surface area (Å²) in [4.78, 5) is 14.4. The van der Waals surface area contributed by atoms with Crippen LogP contribution in [-0.2, 0) is 14.8 Å². The predicted molar refractivity (Wildman–Crippen MR) is 104 cm³/mol. The third-order valence-corrected chi connectivity index (χ3v) is 6.12. The molecule has 0 unspecified atom stereocenters. The Balaban J connectivity index is 1.63. The maximum absolute atomic E-state index is 12.4. The Labute approximate surface area is 161 Å². The van der Waals surface area contributed by atoms with E-state index in [0.717, 1.165) is 25.9 Å². The summed E-state index contributed by atoms with van der Waals surface area (Å²) in [7, 11) is -3.46. The van der Waals surface area contributed by atoms with Crippen molar-refractivity contribution < 1.29 is 22.7 Å². The number of ether oxygens (including phenoxy) is 2. The summed E-state index contributed by atoms with van der Waals surface area (Å²) in [5.74, 6) is 1.29. The van der Waals surface area contributed by atoms with E-state index in [1.165, 1.54) is 23.4 Å². The zero-order valence-electron chi connectivity index (χ0n) is 15.9. The highest BCUT2D eigenvalue weighted by atomic mass is 32.2. The molecule has 8 heteroatoms. The second-order valence-corrected chi connectivity index (χ2v) is 8.97. The van der Waals surface area contributed by atoms with Crippen LogP contribution in [0, 0.1) is 0 Å². The fraction of sp³-hybridized carbons (Fsp3) is 0.632. The molecule has 3 rings (SSSR count). The number of hydrogen-bond acceptors (Lipinski definition) is 5. The first-order valence-electron chi connectivity index (χ1n) is 9.60. The lowest BCUT2D eigenvalue weighted by molar-refractivity contribution is -0.131. The molecule has 7 nitrogen and oxygen atoms in total. The van der Waals surface area contributed by atoms with Gasteiger partial charge in [0, 0.05) is 32.1 Å². The number of fused-ring (bicyclic) bond motifs is 1. The van der Waals surface area contributed by atoms with E-state index in [4.69, 9.17) is 9.47 Å². The van der Waals surface area contributed by atoms with E-state index in [2.05, 4.69) is 0 Å². The molecule has 2 heterocycles. The Hall–Kier alpha value is -1.96. The van der Waals surface area contributed by atoms with Crippen LogP contribution in [0.15, 0.2) is 18.2 Å². The van der Waals surface area contributed by atoms with Crippen molar-refractivity contribution in [3.8, 4) is 11.5 Å². The molecule has 1 aromatic carbocycles. The molecule has 1 saturated heterocycles. The van der Waals surface area contributed by atoms with E-state index in [9.17, 15) is 13.2 Å². The molecular formula is C19H28N2O5S. The number of anilines is 1. The summed E-state index contributed by atoms with van der Waals surface area (Å²) in [5, 5.41) is 0. The molecule has 1 fully saturated rings. The van der Waals surface area contributed by atoms with Crippen LogP contribution in [0.25, 0.3) is 0 Å². The molecule has 0 spiro atoms. The van der Waals surface area contributed by atoms with E-state index < -0.39 is 10.0 Å². The molecule has 0 saturated carbocycles. The van der Waals surface area contributed by atoms with Gasteiger partial charge in [-0.25, -0.2) is 8.42 Å². The summed E-state index contributed by atoms with van der Waals surface area (Å²) in [6, 6.07) is 5.13. The largest absolute Gasteiger partial charge is 0.486 e. The van der Waals surface area contributed by atoms with Gasteiger partial charge in [0.15, 0.2) is 11.5 Å². The van der Waals surface area contributed by atoms with Gasteiger partial charge in [0.05, 0.1) is 11.9 Å². The van der Waals surface area contributed by atoms with E-state index >= 15 is 0 Å². The van der Waals surface area contributed by atoms with Gasteiger partial charge in [-0.1, -0.05) is 12.8 Å². The predicted octanol–water partition coefficient (Wildman–Crippen LogP) is 2.41. The van der Waals surface area contributed by atoms with Crippen molar-refractivity contribution in [3.63, 3.8) is 0 Å². The number of rotatable bonds is 6. The third-order valence-electron chi connectivity index (χ3n) is 4.92. The van der Waals surface area contributed by atoms with Crippen molar-refractivity contribution in [2.24, 2.45) is 0 Å². The molecule has 1 amide bonds. The maximum Gasteiger partial charge on any atom is 0.232 e. The second kappa shape index (κ2) is 8.82. The topological polar surface area (TPSA) is 76.2 Å². The molecular weight excluding hydrogens is 368 g/mol. The Bertz CT molecular complexity index is 757. The lowest BCUT2D eigenvalue weighted by Gasteiger charge is -2.26. The van der Waals surface area contributed by atoms with Crippen LogP contribution < -0.4 is 13.8 Å². The lowest BCUT2D eigenvalue weighted by atomic mass is 10.2. The third kappa shape index (κ3) is 5.28. The van der Waals surface area contributed by atoms with Gasteiger partial charge >= 0.3 is 0 Å². The van der Waals surface area contributed by atoms with Crippen molar-refractivity contribution in [3.05, 3.63) is 18.2 Å². The average Bonchev–Trinajstić information content (AvgIpc) is 2.93.